The first-order chi connectivity index (χ1) is 14.2. The standard InChI is InChI=1S/C22H14Cl2I2N2O2.Na.H/c1-11-6-15(17(10-27)12-2-4-13(23)5-3-12)18(24)9-20(11)28-22(30)16-7-14(25)8-19(26)21(16)29;;/h2-9,17,29H,1H3,(H,28,30);;/q;+1;-1. The zero-order valence-corrected chi connectivity index (χ0v) is 24.3. The average Bonchev–Trinajstić information content (AvgIpc) is 2.70. The maximum absolute atomic E-state index is 12.7. The molecule has 31 heavy (non-hydrogen) atoms. The van der Waals surface area contributed by atoms with E-state index in [1.165, 1.54) is 0 Å². The number of amides is 1. The van der Waals surface area contributed by atoms with Crippen LogP contribution in [-0.4, -0.2) is 11.0 Å². The molecule has 0 heterocycles. The van der Waals surface area contributed by atoms with Crippen molar-refractivity contribution in [3.63, 3.8) is 0 Å². The molecule has 0 aliphatic rings. The SMILES string of the molecule is Cc1cc(C(C#N)c2ccc(Cl)cc2)c(Cl)cc1NC(=O)c1cc(I)cc(I)c1O.[H-].[Na+]. The summed E-state index contributed by atoms with van der Waals surface area (Å²) < 4.78 is 1.43. The van der Waals surface area contributed by atoms with E-state index in [-0.39, 0.29) is 42.3 Å². The molecule has 0 radical (unpaired) electrons. The summed E-state index contributed by atoms with van der Waals surface area (Å²) in [6.07, 6.45) is 0. The van der Waals surface area contributed by atoms with Crippen LogP contribution in [0.15, 0.2) is 48.5 Å². The van der Waals surface area contributed by atoms with Crippen LogP contribution in [-0.2, 0) is 0 Å². The summed E-state index contributed by atoms with van der Waals surface area (Å²) in [5.74, 6) is -1.08. The number of anilines is 1. The number of aryl methyl sites for hydroxylation is 1. The van der Waals surface area contributed by atoms with Gasteiger partial charge in [-0.25, -0.2) is 0 Å². The van der Waals surface area contributed by atoms with E-state index in [0.29, 0.717) is 24.9 Å². The number of carbonyl (C=O) groups is 1. The van der Waals surface area contributed by atoms with Crippen molar-refractivity contribution in [2.75, 3.05) is 5.32 Å². The summed E-state index contributed by atoms with van der Waals surface area (Å²) in [6, 6.07) is 16.1. The summed E-state index contributed by atoms with van der Waals surface area (Å²) in [4.78, 5) is 12.7. The van der Waals surface area contributed by atoms with Crippen LogP contribution in [0.1, 0.15) is 34.4 Å². The number of nitriles is 1. The molecule has 0 aromatic heterocycles. The Bertz CT molecular complexity index is 1190. The predicted molar refractivity (Wildman–Crippen MR) is 138 cm³/mol. The van der Waals surface area contributed by atoms with Gasteiger partial charge in [0.2, 0.25) is 0 Å². The van der Waals surface area contributed by atoms with E-state index >= 15 is 0 Å². The third-order valence-electron chi connectivity index (χ3n) is 4.51. The first-order valence-electron chi connectivity index (χ1n) is 8.65. The molecule has 0 fully saturated rings. The van der Waals surface area contributed by atoms with Gasteiger partial charge in [0.15, 0.2) is 0 Å². The monoisotopic (exact) mass is 686 g/mol. The summed E-state index contributed by atoms with van der Waals surface area (Å²) in [6.45, 7) is 1.82. The maximum Gasteiger partial charge on any atom is 1.00 e. The van der Waals surface area contributed by atoms with Crippen molar-refractivity contribution >= 4 is 80.0 Å². The van der Waals surface area contributed by atoms with Crippen molar-refractivity contribution in [2.45, 2.75) is 12.8 Å². The fourth-order valence-electron chi connectivity index (χ4n) is 2.97. The van der Waals surface area contributed by atoms with Gasteiger partial charge in [-0.05, 0) is 99.1 Å². The molecule has 3 rings (SSSR count). The normalized spacial score (nSPS) is 11.2. The number of aromatic hydroxyl groups is 1. The molecule has 154 valence electrons. The zero-order chi connectivity index (χ0) is 22.0. The first kappa shape index (κ1) is 26.7. The minimum atomic E-state index is -0.570. The summed E-state index contributed by atoms with van der Waals surface area (Å²) in [5, 5.41) is 23.7. The van der Waals surface area contributed by atoms with Gasteiger partial charge in [-0.3, -0.25) is 4.79 Å². The van der Waals surface area contributed by atoms with Gasteiger partial charge in [0.05, 0.1) is 21.1 Å². The van der Waals surface area contributed by atoms with Crippen molar-refractivity contribution in [2.24, 2.45) is 0 Å². The van der Waals surface area contributed by atoms with E-state index in [9.17, 15) is 15.2 Å². The molecular formula is C22H15Cl2I2N2NaO2. The fraction of sp³-hybridized carbons (Fsp3) is 0.0909. The number of hydrogen-bond donors (Lipinski definition) is 2. The quantitative estimate of drug-likeness (QED) is 0.319. The van der Waals surface area contributed by atoms with Gasteiger partial charge in [0.25, 0.3) is 5.91 Å². The van der Waals surface area contributed by atoms with Crippen LogP contribution in [0.25, 0.3) is 0 Å². The van der Waals surface area contributed by atoms with Crippen LogP contribution in [0.5, 0.6) is 5.75 Å². The first-order valence-corrected chi connectivity index (χ1v) is 11.6. The van der Waals surface area contributed by atoms with Crippen molar-refractivity contribution in [3.05, 3.63) is 88.0 Å². The third kappa shape index (κ3) is 6.28. The smallest absolute Gasteiger partial charge is 1.00 e. The van der Waals surface area contributed by atoms with Crippen molar-refractivity contribution in [1.82, 2.24) is 0 Å². The van der Waals surface area contributed by atoms with Crippen LogP contribution in [0.2, 0.25) is 10.0 Å². The molecule has 0 aliphatic carbocycles. The molecule has 1 atom stereocenters. The van der Waals surface area contributed by atoms with Crippen LogP contribution in [0.3, 0.4) is 0 Å². The summed E-state index contributed by atoms with van der Waals surface area (Å²) in [7, 11) is 0. The number of hydrogen-bond acceptors (Lipinski definition) is 3. The van der Waals surface area contributed by atoms with E-state index in [4.69, 9.17) is 23.2 Å². The van der Waals surface area contributed by atoms with E-state index in [1.807, 2.05) is 29.5 Å². The minimum Gasteiger partial charge on any atom is -1.00 e. The molecule has 4 nitrogen and oxygen atoms in total. The Morgan fingerprint density at radius 3 is 2.42 bits per heavy atom. The fourth-order valence-corrected chi connectivity index (χ4v) is 5.21. The van der Waals surface area contributed by atoms with Gasteiger partial charge >= 0.3 is 29.6 Å². The Morgan fingerprint density at radius 1 is 1.16 bits per heavy atom. The molecular weight excluding hydrogens is 672 g/mol. The molecule has 1 unspecified atom stereocenters. The van der Waals surface area contributed by atoms with Crippen molar-refractivity contribution < 1.29 is 40.9 Å². The Morgan fingerprint density at radius 2 is 1.81 bits per heavy atom. The van der Waals surface area contributed by atoms with E-state index in [1.54, 1.807) is 48.5 Å². The Balaban J connectivity index is 0.00000256. The van der Waals surface area contributed by atoms with E-state index < -0.39 is 11.8 Å². The molecule has 3 aromatic rings. The van der Waals surface area contributed by atoms with Crippen LogP contribution >= 0.6 is 68.4 Å². The number of carbonyl (C=O) groups excluding carboxylic acids is 1. The molecule has 0 spiro atoms. The molecule has 0 aliphatic heterocycles. The van der Waals surface area contributed by atoms with E-state index in [0.717, 1.165) is 14.7 Å². The predicted octanol–water partition coefficient (Wildman–Crippen LogP) is 4.24. The largest absolute Gasteiger partial charge is 1.00 e. The van der Waals surface area contributed by atoms with Gasteiger partial charge < -0.3 is 11.8 Å². The van der Waals surface area contributed by atoms with E-state index in [2.05, 4.69) is 34.0 Å². The Kier molecular flexibility index (Phi) is 9.95. The molecule has 0 saturated heterocycles. The number of nitrogens with one attached hydrogen (secondary N) is 1. The van der Waals surface area contributed by atoms with Crippen molar-refractivity contribution in [3.8, 4) is 11.8 Å². The Hall–Kier alpha value is -0.540. The minimum absolute atomic E-state index is 0. The van der Waals surface area contributed by atoms with Crippen LogP contribution < -0.4 is 34.9 Å². The van der Waals surface area contributed by atoms with Gasteiger partial charge in [-0.15, -0.1) is 0 Å². The molecule has 9 heteroatoms. The zero-order valence-electron chi connectivity index (χ0n) is 17.5. The number of phenolic OH excluding ortho intramolecular Hbond substituents is 1. The second kappa shape index (κ2) is 11.5. The summed E-state index contributed by atoms with van der Waals surface area (Å²) >= 11 is 16.5. The van der Waals surface area contributed by atoms with Crippen LogP contribution in [0, 0.1) is 25.4 Å². The average molecular weight is 687 g/mol. The number of rotatable bonds is 4. The molecule has 2 N–H and O–H groups in total. The van der Waals surface area contributed by atoms with Crippen LogP contribution in [0.4, 0.5) is 5.69 Å². The molecule has 3 aromatic carbocycles. The van der Waals surface area contributed by atoms with Crippen molar-refractivity contribution in [1.29, 1.82) is 5.26 Å². The van der Waals surface area contributed by atoms with Gasteiger partial charge in [-0.2, -0.15) is 5.26 Å². The van der Waals surface area contributed by atoms with Gasteiger partial charge in [-0.1, -0.05) is 41.4 Å². The molecule has 0 saturated carbocycles. The number of benzene rings is 3. The second-order valence-corrected chi connectivity index (χ2v) is 9.79. The van der Waals surface area contributed by atoms with Gasteiger partial charge in [0.1, 0.15) is 5.75 Å². The van der Waals surface area contributed by atoms with Gasteiger partial charge in [0, 0.05) is 19.3 Å². The number of nitrogens with zero attached hydrogens (tertiary/aromatic N) is 1. The third-order valence-corrected chi connectivity index (χ3v) is 6.53. The molecule has 1 amide bonds. The number of halogens is 4. The molecule has 0 bridgehead atoms. The topological polar surface area (TPSA) is 73.1 Å². The second-order valence-electron chi connectivity index (χ2n) is 6.54. The number of phenols is 1. The Labute approximate surface area is 241 Å². The summed E-state index contributed by atoms with van der Waals surface area (Å²) in [5.41, 5.74) is 2.86. The maximum atomic E-state index is 12.7.